The van der Waals surface area contributed by atoms with Crippen LogP contribution in [0.15, 0.2) is 0 Å². The number of hydrogen-bond donors (Lipinski definition) is 1. The van der Waals surface area contributed by atoms with Crippen molar-refractivity contribution in [1.82, 2.24) is 0 Å². The van der Waals surface area contributed by atoms with Crippen molar-refractivity contribution < 1.29 is 4.74 Å². The molecule has 0 saturated heterocycles. The van der Waals surface area contributed by atoms with Crippen LogP contribution in [0.4, 0.5) is 0 Å². The maximum Gasteiger partial charge on any atom is 0.0785 e. The van der Waals surface area contributed by atoms with Crippen LogP contribution in [0.1, 0.15) is 47.5 Å². The van der Waals surface area contributed by atoms with E-state index in [0.717, 1.165) is 19.4 Å². The van der Waals surface area contributed by atoms with E-state index >= 15 is 0 Å². The van der Waals surface area contributed by atoms with Gasteiger partial charge in [0.25, 0.3) is 0 Å². The molecule has 0 aromatic rings. The zero-order chi connectivity index (χ0) is 12.1. The average molecular weight is 231 g/mol. The molecule has 1 atom stereocenters. The van der Waals surface area contributed by atoms with Crippen molar-refractivity contribution in [2.75, 3.05) is 6.61 Å². The first-order valence-electron chi connectivity index (χ1n) is 5.67. The minimum absolute atomic E-state index is 0.0904. The van der Waals surface area contributed by atoms with E-state index in [1.807, 2.05) is 0 Å². The molecule has 0 heterocycles. The third-order valence-corrected chi connectivity index (χ3v) is 3.15. The minimum atomic E-state index is -0.0904. The molecule has 90 valence electrons. The Hall–Kier alpha value is -0.150. The van der Waals surface area contributed by atoms with Crippen LogP contribution < -0.4 is 5.73 Å². The Morgan fingerprint density at radius 2 is 1.87 bits per heavy atom. The summed E-state index contributed by atoms with van der Waals surface area (Å²) in [5, 5.41) is 0. The van der Waals surface area contributed by atoms with Gasteiger partial charge in [0.05, 0.1) is 11.1 Å². The second kappa shape index (κ2) is 6.44. The number of thiocarbonyl (C=S) groups is 1. The largest absolute Gasteiger partial charge is 0.393 e. The molecule has 0 fully saturated rings. The lowest BCUT2D eigenvalue weighted by molar-refractivity contribution is 0.0417. The van der Waals surface area contributed by atoms with Crippen LogP contribution in [0.2, 0.25) is 0 Å². The minimum Gasteiger partial charge on any atom is -0.393 e. The van der Waals surface area contributed by atoms with Crippen LogP contribution in [0.5, 0.6) is 0 Å². The molecule has 0 saturated carbocycles. The Labute approximate surface area is 99.6 Å². The van der Waals surface area contributed by atoms with Crippen molar-refractivity contribution in [3.8, 4) is 0 Å². The highest BCUT2D eigenvalue weighted by molar-refractivity contribution is 7.80. The van der Waals surface area contributed by atoms with Crippen LogP contribution in [-0.4, -0.2) is 17.7 Å². The molecule has 0 spiro atoms. The van der Waals surface area contributed by atoms with E-state index in [1.54, 1.807) is 0 Å². The van der Waals surface area contributed by atoms with Crippen LogP contribution in [-0.2, 0) is 4.74 Å². The molecule has 2 nitrogen and oxygen atoms in total. The fraction of sp³-hybridized carbons (Fsp3) is 0.917. The monoisotopic (exact) mass is 231 g/mol. The van der Waals surface area contributed by atoms with Gasteiger partial charge in [-0.3, -0.25) is 0 Å². The number of ether oxygens (including phenoxy) is 1. The van der Waals surface area contributed by atoms with Crippen LogP contribution in [0, 0.1) is 11.3 Å². The van der Waals surface area contributed by atoms with Crippen molar-refractivity contribution in [2.24, 2.45) is 17.1 Å². The molecule has 0 aromatic heterocycles. The first kappa shape index (κ1) is 14.8. The molecule has 0 radical (unpaired) electrons. The maximum atomic E-state index is 5.72. The van der Waals surface area contributed by atoms with Crippen LogP contribution >= 0.6 is 12.2 Å². The van der Waals surface area contributed by atoms with Crippen molar-refractivity contribution in [1.29, 1.82) is 0 Å². The lowest BCUT2D eigenvalue weighted by atomic mass is 9.90. The zero-order valence-corrected chi connectivity index (χ0v) is 11.5. The van der Waals surface area contributed by atoms with Gasteiger partial charge in [-0.1, -0.05) is 39.9 Å². The summed E-state index contributed by atoms with van der Waals surface area (Å²) >= 11 is 5.00. The molecule has 0 amide bonds. The number of nitrogens with two attached hydrogens (primary N) is 1. The fourth-order valence-electron chi connectivity index (χ4n) is 1.37. The van der Waals surface area contributed by atoms with E-state index < -0.39 is 0 Å². The molecule has 15 heavy (non-hydrogen) atoms. The van der Waals surface area contributed by atoms with Gasteiger partial charge in [0, 0.05) is 12.0 Å². The molecule has 0 bridgehead atoms. The van der Waals surface area contributed by atoms with E-state index in [-0.39, 0.29) is 5.41 Å². The molecule has 2 N–H and O–H groups in total. The van der Waals surface area contributed by atoms with E-state index in [1.165, 1.54) is 0 Å². The van der Waals surface area contributed by atoms with E-state index in [0.29, 0.717) is 17.0 Å². The van der Waals surface area contributed by atoms with Gasteiger partial charge in [-0.15, -0.1) is 0 Å². The van der Waals surface area contributed by atoms with Gasteiger partial charge in [0.2, 0.25) is 0 Å². The average Bonchev–Trinajstić information content (AvgIpc) is 2.01. The number of hydrogen-bond acceptors (Lipinski definition) is 2. The van der Waals surface area contributed by atoms with Crippen LogP contribution in [0.3, 0.4) is 0 Å². The topological polar surface area (TPSA) is 35.2 Å². The molecule has 3 heteroatoms. The van der Waals surface area contributed by atoms with Crippen molar-refractivity contribution in [2.45, 2.75) is 53.6 Å². The van der Waals surface area contributed by atoms with Crippen molar-refractivity contribution in [3.05, 3.63) is 0 Å². The Morgan fingerprint density at radius 1 is 1.33 bits per heavy atom. The Kier molecular flexibility index (Phi) is 6.37. The highest BCUT2D eigenvalue weighted by Gasteiger charge is 2.21. The highest BCUT2D eigenvalue weighted by Crippen LogP contribution is 2.21. The summed E-state index contributed by atoms with van der Waals surface area (Å²) < 4.78 is 5.72. The Balaban J connectivity index is 3.74. The molecule has 0 aliphatic rings. The predicted octanol–water partition coefficient (Wildman–Crippen LogP) is 3.14. The molecular formula is C12H25NOS. The summed E-state index contributed by atoms with van der Waals surface area (Å²) in [5.41, 5.74) is 5.55. The molecule has 1 unspecified atom stereocenters. The van der Waals surface area contributed by atoms with Gasteiger partial charge in [-0.2, -0.15) is 0 Å². The van der Waals surface area contributed by atoms with Gasteiger partial charge in [-0.25, -0.2) is 0 Å². The van der Waals surface area contributed by atoms with Crippen molar-refractivity contribution in [3.63, 3.8) is 0 Å². The third kappa shape index (κ3) is 6.85. The standard InChI is InChI=1S/C12H25NOS/c1-9(2)8-10(3)14-7-6-12(4,5)11(13)15/h9-10H,6-8H2,1-5H3,(H2,13,15). The van der Waals surface area contributed by atoms with E-state index in [2.05, 4.69) is 34.6 Å². The second-order valence-corrected chi connectivity index (χ2v) is 5.75. The molecule has 0 rings (SSSR count). The predicted molar refractivity (Wildman–Crippen MR) is 70.1 cm³/mol. The first-order chi connectivity index (χ1) is 6.75. The zero-order valence-electron chi connectivity index (χ0n) is 10.7. The lowest BCUT2D eigenvalue weighted by Crippen LogP contribution is -2.31. The van der Waals surface area contributed by atoms with Gasteiger partial charge < -0.3 is 10.5 Å². The maximum absolute atomic E-state index is 5.72. The first-order valence-corrected chi connectivity index (χ1v) is 6.08. The summed E-state index contributed by atoms with van der Waals surface area (Å²) in [6.45, 7) is 11.4. The van der Waals surface area contributed by atoms with Gasteiger partial charge >= 0.3 is 0 Å². The summed E-state index contributed by atoms with van der Waals surface area (Å²) in [5.74, 6) is 0.684. The summed E-state index contributed by atoms with van der Waals surface area (Å²) in [6.07, 6.45) is 2.32. The third-order valence-electron chi connectivity index (χ3n) is 2.60. The Morgan fingerprint density at radius 3 is 2.27 bits per heavy atom. The van der Waals surface area contributed by atoms with E-state index in [4.69, 9.17) is 22.7 Å². The summed E-state index contributed by atoms with van der Waals surface area (Å²) in [7, 11) is 0. The molecule has 0 aliphatic carbocycles. The van der Waals surface area contributed by atoms with Crippen LogP contribution in [0.25, 0.3) is 0 Å². The molecule has 0 aliphatic heterocycles. The lowest BCUT2D eigenvalue weighted by Gasteiger charge is -2.24. The quantitative estimate of drug-likeness (QED) is 0.684. The number of rotatable bonds is 7. The molecule has 0 aromatic carbocycles. The SMILES string of the molecule is CC(C)CC(C)OCCC(C)(C)C(N)=S. The second-order valence-electron chi connectivity index (χ2n) is 5.31. The van der Waals surface area contributed by atoms with Gasteiger partial charge in [0.15, 0.2) is 0 Å². The van der Waals surface area contributed by atoms with Gasteiger partial charge in [0.1, 0.15) is 0 Å². The molecular weight excluding hydrogens is 206 g/mol. The summed E-state index contributed by atoms with van der Waals surface area (Å²) in [4.78, 5) is 0.572. The van der Waals surface area contributed by atoms with Gasteiger partial charge in [-0.05, 0) is 25.7 Å². The normalized spacial score (nSPS) is 14.3. The smallest absolute Gasteiger partial charge is 0.0785 e. The Bertz CT molecular complexity index is 202. The fourth-order valence-corrected chi connectivity index (χ4v) is 1.47. The van der Waals surface area contributed by atoms with E-state index in [9.17, 15) is 0 Å². The highest BCUT2D eigenvalue weighted by atomic mass is 32.1. The van der Waals surface area contributed by atoms with Crippen molar-refractivity contribution >= 4 is 17.2 Å². The summed E-state index contributed by atoms with van der Waals surface area (Å²) in [6, 6.07) is 0.